The summed E-state index contributed by atoms with van der Waals surface area (Å²) in [5, 5.41) is 11.7. The van der Waals surface area contributed by atoms with E-state index in [-0.39, 0.29) is 5.91 Å². The highest BCUT2D eigenvalue weighted by atomic mass is 16.1. The summed E-state index contributed by atoms with van der Waals surface area (Å²) in [6.07, 6.45) is 0. The Labute approximate surface area is 124 Å². The van der Waals surface area contributed by atoms with E-state index in [2.05, 4.69) is 11.4 Å². The van der Waals surface area contributed by atoms with E-state index in [4.69, 9.17) is 5.26 Å². The van der Waals surface area contributed by atoms with Crippen LogP contribution in [-0.2, 0) is 6.54 Å². The van der Waals surface area contributed by atoms with Gasteiger partial charge in [-0.05, 0) is 42.0 Å². The van der Waals surface area contributed by atoms with Gasteiger partial charge in [0.15, 0.2) is 0 Å². The van der Waals surface area contributed by atoms with Gasteiger partial charge in [0.2, 0.25) is 0 Å². The van der Waals surface area contributed by atoms with Crippen LogP contribution in [0.1, 0.15) is 21.5 Å². The molecule has 0 unspecified atom stereocenters. The van der Waals surface area contributed by atoms with Crippen LogP contribution in [0.4, 0.5) is 5.69 Å². The lowest BCUT2D eigenvalue weighted by Crippen LogP contribution is -2.22. The van der Waals surface area contributed by atoms with Crippen molar-refractivity contribution in [3.8, 4) is 6.07 Å². The van der Waals surface area contributed by atoms with Crippen molar-refractivity contribution in [2.75, 3.05) is 19.0 Å². The van der Waals surface area contributed by atoms with Gasteiger partial charge >= 0.3 is 0 Å². The number of amides is 1. The second-order valence-corrected chi connectivity index (χ2v) is 4.94. The number of anilines is 1. The maximum Gasteiger partial charge on any atom is 0.251 e. The highest BCUT2D eigenvalue weighted by Gasteiger charge is 2.06. The van der Waals surface area contributed by atoms with Crippen molar-refractivity contribution in [2.24, 2.45) is 0 Å². The van der Waals surface area contributed by atoms with Crippen LogP contribution in [-0.4, -0.2) is 20.0 Å². The molecule has 0 heterocycles. The Morgan fingerprint density at radius 1 is 1.19 bits per heavy atom. The van der Waals surface area contributed by atoms with Crippen molar-refractivity contribution < 1.29 is 4.79 Å². The molecule has 0 radical (unpaired) electrons. The quantitative estimate of drug-likeness (QED) is 0.935. The fraction of sp³-hybridized carbons (Fsp3) is 0.176. The van der Waals surface area contributed by atoms with Crippen LogP contribution in [0.25, 0.3) is 0 Å². The third-order valence-electron chi connectivity index (χ3n) is 3.16. The van der Waals surface area contributed by atoms with Gasteiger partial charge in [0, 0.05) is 31.9 Å². The van der Waals surface area contributed by atoms with E-state index >= 15 is 0 Å². The average molecular weight is 279 g/mol. The number of benzene rings is 2. The van der Waals surface area contributed by atoms with Gasteiger partial charge in [-0.2, -0.15) is 5.26 Å². The molecule has 1 amide bonds. The molecule has 0 aliphatic rings. The SMILES string of the molecule is CN(C)c1ccc(C(=O)NCc2cccc(C#N)c2)cc1. The first-order valence-corrected chi connectivity index (χ1v) is 6.65. The van der Waals surface area contributed by atoms with Crippen molar-refractivity contribution in [1.82, 2.24) is 5.32 Å². The molecule has 0 aliphatic heterocycles. The highest BCUT2D eigenvalue weighted by Crippen LogP contribution is 2.12. The number of nitrogens with one attached hydrogen (secondary N) is 1. The Kier molecular flexibility index (Phi) is 4.57. The first-order chi connectivity index (χ1) is 10.1. The van der Waals surface area contributed by atoms with Gasteiger partial charge in [-0.1, -0.05) is 12.1 Å². The lowest BCUT2D eigenvalue weighted by Gasteiger charge is -2.12. The summed E-state index contributed by atoms with van der Waals surface area (Å²) >= 11 is 0. The third-order valence-corrected chi connectivity index (χ3v) is 3.16. The molecule has 4 heteroatoms. The molecule has 106 valence electrons. The van der Waals surface area contributed by atoms with E-state index in [1.807, 2.05) is 43.3 Å². The summed E-state index contributed by atoms with van der Waals surface area (Å²) in [5.41, 5.74) is 3.18. The molecule has 0 atom stereocenters. The van der Waals surface area contributed by atoms with E-state index in [1.54, 1.807) is 24.3 Å². The molecule has 0 fully saturated rings. The summed E-state index contributed by atoms with van der Waals surface area (Å²) in [5.74, 6) is -0.123. The summed E-state index contributed by atoms with van der Waals surface area (Å²) < 4.78 is 0. The molecule has 0 aliphatic carbocycles. The molecule has 1 N–H and O–H groups in total. The second kappa shape index (κ2) is 6.58. The van der Waals surface area contributed by atoms with Crippen molar-refractivity contribution >= 4 is 11.6 Å². The van der Waals surface area contributed by atoms with Gasteiger partial charge in [0.25, 0.3) is 5.91 Å². The highest BCUT2D eigenvalue weighted by molar-refractivity contribution is 5.94. The summed E-state index contributed by atoms with van der Waals surface area (Å²) in [7, 11) is 3.91. The second-order valence-electron chi connectivity index (χ2n) is 4.94. The van der Waals surface area contributed by atoms with Crippen LogP contribution in [0.3, 0.4) is 0 Å². The van der Waals surface area contributed by atoms with Gasteiger partial charge in [-0.15, -0.1) is 0 Å². The van der Waals surface area contributed by atoms with Gasteiger partial charge < -0.3 is 10.2 Å². The number of carbonyl (C=O) groups is 1. The van der Waals surface area contributed by atoms with Gasteiger partial charge in [0.1, 0.15) is 0 Å². The number of nitrogens with zero attached hydrogens (tertiary/aromatic N) is 2. The minimum atomic E-state index is -0.123. The predicted octanol–water partition coefficient (Wildman–Crippen LogP) is 2.55. The number of rotatable bonds is 4. The first kappa shape index (κ1) is 14.6. The first-order valence-electron chi connectivity index (χ1n) is 6.65. The van der Waals surface area contributed by atoms with E-state index in [1.165, 1.54) is 0 Å². The Hall–Kier alpha value is -2.80. The molecule has 2 rings (SSSR count). The fourth-order valence-electron chi connectivity index (χ4n) is 1.95. The molecule has 2 aromatic carbocycles. The third kappa shape index (κ3) is 3.83. The van der Waals surface area contributed by atoms with Crippen LogP contribution >= 0.6 is 0 Å². The topological polar surface area (TPSA) is 56.1 Å². The lowest BCUT2D eigenvalue weighted by atomic mass is 10.1. The largest absolute Gasteiger partial charge is 0.378 e. The van der Waals surface area contributed by atoms with Crippen molar-refractivity contribution in [1.29, 1.82) is 5.26 Å². The standard InChI is InChI=1S/C17H17N3O/c1-20(2)16-8-6-15(7-9-16)17(21)19-12-14-5-3-4-13(10-14)11-18/h3-10H,12H2,1-2H3,(H,19,21). The molecule has 0 bridgehead atoms. The summed E-state index contributed by atoms with van der Waals surface area (Å²) in [4.78, 5) is 14.0. The molecule has 0 saturated carbocycles. The van der Waals surface area contributed by atoms with E-state index < -0.39 is 0 Å². The average Bonchev–Trinajstić information content (AvgIpc) is 2.53. The molecule has 21 heavy (non-hydrogen) atoms. The molecule has 2 aromatic rings. The Balaban J connectivity index is 1.99. The maximum absolute atomic E-state index is 12.1. The van der Waals surface area contributed by atoms with Crippen LogP contribution in [0, 0.1) is 11.3 Å². The molecular formula is C17H17N3O. The number of nitriles is 1. The monoisotopic (exact) mass is 279 g/mol. The van der Waals surface area contributed by atoms with E-state index in [0.717, 1.165) is 11.3 Å². The zero-order valence-electron chi connectivity index (χ0n) is 12.1. The van der Waals surface area contributed by atoms with Crippen LogP contribution in [0.2, 0.25) is 0 Å². The predicted molar refractivity (Wildman–Crippen MR) is 83.1 cm³/mol. The number of carbonyl (C=O) groups excluding carboxylic acids is 1. The molecule has 0 saturated heterocycles. The Bertz CT molecular complexity index is 669. The maximum atomic E-state index is 12.1. The number of hydrogen-bond donors (Lipinski definition) is 1. The van der Waals surface area contributed by atoms with E-state index in [0.29, 0.717) is 17.7 Å². The van der Waals surface area contributed by atoms with Crippen molar-refractivity contribution in [3.63, 3.8) is 0 Å². The zero-order valence-corrected chi connectivity index (χ0v) is 12.1. The van der Waals surface area contributed by atoms with Crippen molar-refractivity contribution in [3.05, 3.63) is 65.2 Å². The van der Waals surface area contributed by atoms with Gasteiger partial charge in [-0.25, -0.2) is 0 Å². The Morgan fingerprint density at radius 3 is 2.52 bits per heavy atom. The summed E-state index contributed by atoms with van der Waals surface area (Å²) in [6.45, 7) is 0.407. The van der Waals surface area contributed by atoms with Crippen molar-refractivity contribution in [2.45, 2.75) is 6.54 Å². The molecular weight excluding hydrogens is 262 g/mol. The smallest absolute Gasteiger partial charge is 0.251 e. The van der Waals surface area contributed by atoms with Gasteiger partial charge in [-0.3, -0.25) is 4.79 Å². The van der Waals surface area contributed by atoms with E-state index in [9.17, 15) is 4.79 Å². The molecule has 0 spiro atoms. The molecule has 4 nitrogen and oxygen atoms in total. The van der Waals surface area contributed by atoms with Gasteiger partial charge in [0.05, 0.1) is 11.6 Å². The number of hydrogen-bond acceptors (Lipinski definition) is 3. The lowest BCUT2D eigenvalue weighted by molar-refractivity contribution is 0.0951. The molecule has 0 aromatic heterocycles. The Morgan fingerprint density at radius 2 is 1.90 bits per heavy atom. The fourth-order valence-corrected chi connectivity index (χ4v) is 1.95. The normalized spacial score (nSPS) is 9.76. The van der Waals surface area contributed by atoms with Crippen LogP contribution in [0.5, 0.6) is 0 Å². The zero-order chi connectivity index (χ0) is 15.2. The van der Waals surface area contributed by atoms with Crippen LogP contribution in [0.15, 0.2) is 48.5 Å². The van der Waals surface area contributed by atoms with Crippen LogP contribution < -0.4 is 10.2 Å². The minimum Gasteiger partial charge on any atom is -0.378 e. The minimum absolute atomic E-state index is 0.123. The summed E-state index contributed by atoms with van der Waals surface area (Å²) in [6, 6.07) is 16.7.